The van der Waals surface area contributed by atoms with E-state index in [1.807, 2.05) is 0 Å². The van der Waals surface area contributed by atoms with Gasteiger partial charge in [-0.15, -0.1) is 0 Å². The smallest absolute Gasteiger partial charge is 0.434 e. The molecular formula is C14H12ClF5N2O4. The Balaban J connectivity index is 2.86. The van der Waals surface area contributed by atoms with Crippen molar-refractivity contribution in [3.63, 3.8) is 0 Å². The number of aromatic nitrogens is 1. The Morgan fingerprint density at radius 2 is 1.81 bits per heavy atom. The summed E-state index contributed by atoms with van der Waals surface area (Å²) in [6.45, 7) is -0.0150. The maximum Gasteiger partial charge on any atom is 0.434 e. The van der Waals surface area contributed by atoms with E-state index in [0.29, 0.717) is 0 Å². The van der Waals surface area contributed by atoms with Crippen molar-refractivity contribution in [2.75, 3.05) is 19.0 Å². The zero-order valence-electron chi connectivity index (χ0n) is 13.1. The predicted molar refractivity (Wildman–Crippen MR) is 78.5 cm³/mol. The number of carbonyl (C=O) groups is 2. The molecule has 2 N–H and O–H groups in total. The van der Waals surface area contributed by atoms with Crippen LogP contribution >= 0.6 is 11.6 Å². The number of halogens is 6. The molecule has 26 heavy (non-hydrogen) atoms. The minimum absolute atomic E-state index is 0.0150. The summed E-state index contributed by atoms with van der Waals surface area (Å²) in [6.07, 6.45) is -3.94. The standard InChI is InChI=1S/C14H12ClF5N2O4/c1-26-12(25)7-8(21-4-5-2-3-5)6(11(23)24)10(14(18,19)20)22-9(7)13(15,16)17/h5H,2-4H2,1H3,(H,21,22)(H,23,24). The fraction of sp³-hybridized carbons (Fsp3) is 0.500. The molecule has 0 amide bonds. The fourth-order valence-electron chi connectivity index (χ4n) is 2.25. The van der Waals surface area contributed by atoms with Crippen LogP contribution < -0.4 is 5.32 Å². The fourth-order valence-corrected chi connectivity index (χ4v) is 2.39. The van der Waals surface area contributed by atoms with E-state index < -0.39 is 51.7 Å². The normalized spacial score (nSPS) is 14.9. The molecule has 0 atom stereocenters. The molecule has 6 nitrogen and oxygen atoms in total. The number of ether oxygens (including phenoxy) is 1. The van der Waals surface area contributed by atoms with Gasteiger partial charge in [-0.25, -0.2) is 14.6 Å². The highest BCUT2D eigenvalue weighted by atomic mass is 35.5. The number of nitrogens with zero attached hydrogens (tertiary/aromatic N) is 1. The van der Waals surface area contributed by atoms with Crippen molar-refractivity contribution in [1.82, 2.24) is 4.98 Å². The number of aromatic carboxylic acids is 1. The van der Waals surface area contributed by atoms with Crippen LogP contribution in [0.3, 0.4) is 0 Å². The minimum atomic E-state index is -5.38. The molecule has 1 aromatic heterocycles. The lowest BCUT2D eigenvalue weighted by atomic mass is 10.0. The Morgan fingerprint density at radius 1 is 1.23 bits per heavy atom. The van der Waals surface area contributed by atoms with Gasteiger partial charge in [-0.3, -0.25) is 0 Å². The molecule has 0 radical (unpaired) electrons. The molecule has 0 spiro atoms. The molecule has 0 unspecified atom stereocenters. The van der Waals surface area contributed by atoms with Gasteiger partial charge in [0.15, 0.2) is 5.69 Å². The van der Waals surface area contributed by atoms with Crippen LogP contribution in [0.25, 0.3) is 0 Å². The van der Waals surface area contributed by atoms with E-state index in [1.54, 1.807) is 0 Å². The van der Waals surface area contributed by atoms with Gasteiger partial charge in [-0.2, -0.15) is 22.0 Å². The van der Waals surface area contributed by atoms with Gasteiger partial charge in [0.2, 0.25) is 0 Å². The lowest BCUT2D eigenvalue weighted by molar-refractivity contribution is -0.142. The maximum absolute atomic E-state index is 13.7. The number of anilines is 1. The highest BCUT2D eigenvalue weighted by molar-refractivity contribution is 6.22. The Bertz CT molecular complexity index is 744. The molecule has 1 heterocycles. The number of hydrogen-bond acceptors (Lipinski definition) is 5. The Labute approximate surface area is 148 Å². The molecule has 0 aliphatic heterocycles. The summed E-state index contributed by atoms with van der Waals surface area (Å²) < 4.78 is 71.3. The van der Waals surface area contributed by atoms with E-state index in [-0.39, 0.29) is 12.5 Å². The Kier molecular flexibility index (Phi) is 5.31. The molecule has 1 fully saturated rings. The monoisotopic (exact) mass is 402 g/mol. The van der Waals surface area contributed by atoms with Crippen LogP contribution in [0.15, 0.2) is 0 Å². The first-order valence-corrected chi connectivity index (χ1v) is 7.53. The lowest BCUT2D eigenvalue weighted by Crippen LogP contribution is -2.27. The van der Waals surface area contributed by atoms with Crippen LogP contribution in [0.2, 0.25) is 0 Å². The molecule has 144 valence electrons. The number of pyridine rings is 1. The van der Waals surface area contributed by atoms with Crippen LogP contribution in [0.5, 0.6) is 0 Å². The van der Waals surface area contributed by atoms with Gasteiger partial charge in [0, 0.05) is 6.54 Å². The second-order valence-electron chi connectivity index (χ2n) is 5.55. The molecule has 0 aromatic carbocycles. The van der Waals surface area contributed by atoms with Gasteiger partial charge in [-0.1, -0.05) is 0 Å². The summed E-state index contributed by atoms with van der Waals surface area (Å²) in [4.78, 5) is 26.0. The van der Waals surface area contributed by atoms with Gasteiger partial charge < -0.3 is 15.2 Å². The third kappa shape index (κ3) is 4.14. The number of alkyl halides is 6. The molecular weight excluding hydrogens is 391 g/mol. The lowest BCUT2D eigenvalue weighted by Gasteiger charge is -2.22. The second kappa shape index (κ2) is 6.86. The van der Waals surface area contributed by atoms with Crippen molar-refractivity contribution in [1.29, 1.82) is 0 Å². The first-order valence-electron chi connectivity index (χ1n) is 7.15. The van der Waals surface area contributed by atoms with Gasteiger partial charge in [0.25, 0.3) is 0 Å². The third-order valence-electron chi connectivity index (χ3n) is 3.60. The van der Waals surface area contributed by atoms with Crippen molar-refractivity contribution in [2.24, 2.45) is 5.92 Å². The van der Waals surface area contributed by atoms with E-state index in [1.165, 1.54) is 0 Å². The number of methoxy groups -OCH3 is 1. The minimum Gasteiger partial charge on any atom is -0.478 e. The van der Waals surface area contributed by atoms with E-state index in [0.717, 1.165) is 20.0 Å². The zero-order chi connectivity index (χ0) is 19.9. The summed E-state index contributed by atoms with van der Waals surface area (Å²) in [6, 6.07) is 0. The van der Waals surface area contributed by atoms with Crippen LogP contribution in [0.1, 0.15) is 44.9 Å². The Morgan fingerprint density at radius 3 is 2.19 bits per heavy atom. The van der Waals surface area contributed by atoms with Crippen LogP contribution in [0, 0.1) is 5.92 Å². The highest BCUT2D eigenvalue weighted by Crippen LogP contribution is 2.43. The summed E-state index contributed by atoms with van der Waals surface area (Å²) >= 11 is 4.82. The van der Waals surface area contributed by atoms with Crippen LogP contribution in [0.4, 0.5) is 27.6 Å². The van der Waals surface area contributed by atoms with Crippen LogP contribution in [-0.2, 0) is 16.3 Å². The average molecular weight is 403 g/mol. The van der Waals surface area contributed by atoms with E-state index in [2.05, 4.69) is 15.0 Å². The number of esters is 1. The number of carbonyl (C=O) groups excluding carboxylic acids is 1. The van der Waals surface area contributed by atoms with E-state index in [9.17, 15) is 36.6 Å². The van der Waals surface area contributed by atoms with Gasteiger partial charge in [-0.05, 0) is 30.4 Å². The van der Waals surface area contributed by atoms with Gasteiger partial charge in [0.05, 0.1) is 12.8 Å². The van der Waals surface area contributed by atoms with E-state index in [4.69, 9.17) is 11.6 Å². The molecule has 1 aliphatic rings. The quantitative estimate of drug-likeness (QED) is 0.428. The molecule has 2 rings (SSSR count). The molecule has 1 saturated carbocycles. The second-order valence-corrected chi connectivity index (χ2v) is 6.03. The van der Waals surface area contributed by atoms with Crippen molar-refractivity contribution in [3.8, 4) is 0 Å². The number of nitrogens with one attached hydrogen (secondary N) is 1. The number of carboxylic acids is 1. The van der Waals surface area contributed by atoms with Crippen molar-refractivity contribution < 1.29 is 41.4 Å². The third-order valence-corrected chi connectivity index (χ3v) is 3.78. The number of carboxylic acid groups (broad SMARTS) is 1. The largest absolute Gasteiger partial charge is 0.478 e. The summed E-state index contributed by atoms with van der Waals surface area (Å²) in [5, 5.41) is 7.09. The molecule has 0 saturated heterocycles. The maximum atomic E-state index is 13.7. The summed E-state index contributed by atoms with van der Waals surface area (Å²) in [7, 11) is 0.793. The van der Waals surface area contributed by atoms with Crippen molar-refractivity contribution in [2.45, 2.75) is 24.4 Å². The molecule has 1 aliphatic carbocycles. The first-order chi connectivity index (χ1) is 11.9. The summed E-state index contributed by atoms with van der Waals surface area (Å²) in [5.74, 6) is -3.58. The average Bonchev–Trinajstić information content (AvgIpc) is 3.32. The highest BCUT2D eigenvalue weighted by Gasteiger charge is 2.46. The molecule has 12 heteroatoms. The van der Waals surface area contributed by atoms with Crippen LogP contribution in [-0.4, -0.2) is 35.7 Å². The van der Waals surface area contributed by atoms with Crippen molar-refractivity contribution >= 4 is 29.2 Å². The number of hydrogen-bond donors (Lipinski definition) is 2. The van der Waals surface area contributed by atoms with Crippen molar-refractivity contribution in [3.05, 3.63) is 22.5 Å². The summed E-state index contributed by atoms with van der Waals surface area (Å²) in [5.41, 5.74) is -7.39. The zero-order valence-corrected chi connectivity index (χ0v) is 13.8. The number of rotatable bonds is 6. The Hall–Kier alpha value is -2.17. The molecule has 0 bridgehead atoms. The van der Waals surface area contributed by atoms with Gasteiger partial charge in [0.1, 0.15) is 16.8 Å². The topological polar surface area (TPSA) is 88.5 Å². The SMILES string of the molecule is COC(=O)c1c(C(F)(F)Cl)nc(C(F)(F)F)c(C(=O)O)c1NCC1CC1. The molecule has 1 aromatic rings. The van der Waals surface area contributed by atoms with Gasteiger partial charge >= 0.3 is 23.5 Å². The van der Waals surface area contributed by atoms with E-state index >= 15 is 0 Å². The predicted octanol–water partition coefficient (Wildman–Crippen LogP) is 3.70. The first kappa shape index (κ1) is 20.1.